The maximum absolute atomic E-state index is 3.56. The molecule has 0 aliphatic heterocycles. The van der Waals surface area contributed by atoms with Gasteiger partial charge in [0.1, 0.15) is 0 Å². The number of alkyl halides is 1. The van der Waals surface area contributed by atoms with Gasteiger partial charge >= 0.3 is 0 Å². The summed E-state index contributed by atoms with van der Waals surface area (Å²) in [7, 11) is 0. The van der Waals surface area contributed by atoms with Gasteiger partial charge in [-0.15, -0.1) is 0 Å². The standard InChI is InChI=1S/C9H19BrS/c1-4-5-11-7-9(6-10)8(2)3/h8-9H,4-7H2,1-3H3. The van der Waals surface area contributed by atoms with E-state index in [1.807, 2.05) is 0 Å². The third-order valence-electron chi connectivity index (χ3n) is 1.82. The summed E-state index contributed by atoms with van der Waals surface area (Å²) in [6, 6.07) is 0. The highest BCUT2D eigenvalue weighted by Crippen LogP contribution is 2.19. The van der Waals surface area contributed by atoms with Crippen molar-refractivity contribution in [1.82, 2.24) is 0 Å². The largest absolute Gasteiger partial charge is 0.162 e. The lowest BCUT2D eigenvalue weighted by molar-refractivity contribution is 0.474. The average Bonchev–Trinajstić information content (AvgIpc) is 1.97. The van der Waals surface area contributed by atoms with Crippen LogP contribution in [0.1, 0.15) is 27.2 Å². The molecule has 0 aliphatic carbocycles. The maximum atomic E-state index is 3.56. The lowest BCUT2D eigenvalue weighted by atomic mass is 10.0. The summed E-state index contributed by atoms with van der Waals surface area (Å²) in [5, 5.41) is 1.15. The maximum Gasteiger partial charge on any atom is 0.00699 e. The SMILES string of the molecule is CCCSCC(CBr)C(C)C. The van der Waals surface area contributed by atoms with Crippen molar-refractivity contribution in [2.24, 2.45) is 11.8 Å². The number of rotatable bonds is 6. The van der Waals surface area contributed by atoms with Gasteiger partial charge < -0.3 is 0 Å². The lowest BCUT2D eigenvalue weighted by Gasteiger charge is -2.16. The summed E-state index contributed by atoms with van der Waals surface area (Å²) in [4.78, 5) is 0. The van der Waals surface area contributed by atoms with E-state index >= 15 is 0 Å². The molecule has 0 aromatic rings. The first-order chi connectivity index (χ1) is 5.22. The second-order valence-corrected chi connectivity index (χ2v) is 5.03. The van der Waals surface area contributed by atoms with Crippen molar-refractivity contribution in [1.29, 1.82) is 0 Å². The molecule has 0 bridgehead atoms. The molecule has 0 fully saturated rings. The van der Waals surface area contributed by atoms with Crippen LogP contribution in [-0.2, 0) is 0 Å². The molecule has 1 unspecified atom stereocenters. The van der Waals surface area contributed by atoms with Crippen LogP contribution in [0.15, 0.2) is 0 Å². The highest BCUT2D eigenvalue weighted by Gasteiger charge is 2.10. The molecule has 0 nitrogen and oxygen atoms in total. The summed E-state index contributed by atoms with van der Waals surface area (Å²) in [5.41, 5.74) is 0. The molecule has 0 aromatic carbocycles. The fourth-order valence-corrected chi connectivity index (χ4v) is 3.33. The van der Waals surface area contributed by atoms with Gasteiger partial charge in [0.2, 0.25) is 0 Å². The molecule has 0 aliphatic rings. The van der Waals surface area contributed by atoms with Crippen LogP contribution in [0.5, 0.6) is 0 Å². The minimum atomic E-state index is 0.818. The smallest absolute Gasteiger partial charge is 0.00699 e. The van der Waals surface area contributed by atoms with Gasteiger partial charge in [0.05, 0.1) is 0 Å². The quantitative estimate of drug-likeness (QED) is 0.502. The molecule has 2 heteroatoms. The van der Waals surface area contributed by atoms with E-state index in [1.165, 1.54) is 17.9 Å². The van der Waals surface area contributed by atoms with E-state index in [-0.39, 0.29) is 0 Å². The molecular weight excluding hydrogens is 220 g/mol. The van der Waals surface area contributed by atoms with Gasteiger partial charge in [-0.3, -0.25) is 0 Å². The van der Waals surface area contributed by atoms with E-state index in [9.17, 15) is 0 Å². The third-order valence-corrected chi connectivity index (χ3v) is 4.01. The molecule has 0 amide bonds. The summed E-state index contributed by atoms with van der Waals surface area (Å²) in [6.07, 6.45) is 1.30. The fraction of sp³-hybridized carbons (Fsp3) is 1.00. The third kappa shape index (κ3) is 6.03. The Kier molecular flexibility index (Phi) is 8.04. The zero-order valence-electron chi connectivity index (χ0n) is 7.77. The molecular formula is C9H19BrS. The number of hydrogen-bond acceptors (Lipinski definition) is 1. The number of thioether (sulfide) groups is 1. The van der Waals surface area contributed by atoms with E-state index in [0.29, 0.717) is 0 Å². The van der Waals surface area contributed by atoms with Crippen molar-refractivity contribution in [3.63, 3.8) is 0 Å². The minimum absolute atomic E-state index is 0.818. The number of halogens is 1. The zero-order chi connectivity index (χ0) is 8.69. The molecule has 0 rings (SSSR count). The molecule has 0 N–H and O–H groups in total. The van der Waals surface area contributed by atoms with Crippen LogP contribution in [0.3, 0.4) is 0 Å². The first kappa shape index (κ1) is 11.8. The second-order valence-electron chi connectivity index (χ2n) is 3.23. The molecule has 0 heterocycles. The molecule has 1 atom stereocenters. The summed E-state index contributed by atoms with van der Waals surface area (Å²) >= 11 is 5.64. The molecule has 0 saturated heterocycles. The van der Waals surface area contributed by atoms with Crippen LogP contribution in [0.25, 0.3) is 0 Å². The van der Waals surface area contributed by atoms with Gasteiger partial charge in [0.15, 0.2) is 0 Å². The van der Waals surface area contributed by atoms with Crippen molar-refractivity contribution in [2.45, 2.75) is 27.2 Å². The number of hydrogen-bond donors (Lipinski definition) is 0. The lowest BCUT2D eigenvalue weighted by Crippen LogP contribution is -2.13. The van der Waals surface area contributed by atoms with E-state index < -0.39 is 0 Å². The van der Waals surface area contributed by atoms with Gasteiger partial charge in [0.25, 0.3) is 0 Å². The molecule has 0 saturated carbocycles. The van der Waals surface area contributed by atoms with Crippen molar-refractivity contribution in [2.75, 3.05) is 16.8 Å². The molecule has 0 aromatic heterocycles. The van der Waals surface area contributed by atoms with Crippen LogP contribution in [0.4, 0.5) is 0 Å². The Bertz CT molecular complexity index is 83.6. The predicted octanol–water partition coefficient (Wildman–Crippen LogP) is 3.80. The van der Waals surface area contributed by atoms with Gasteiger partial charge in [-0.25, -0.2) is 0 Å². The molecule has 0 spiro atoms. The van der Waals surface area contributed by atoms with E-state index in [0.717, 1.165) is 17.2 Å². The predicted molar refractivity (Wildman–Crippen MR) is 59.7 cm³/mol. The highest BCUT2D eigenvalue weighted by atomic mass is 79.9. The summed E-state index contributed by atoms with van der Waals surface area (Å²) in [5.74, 6) is 4.30. The average molecular weight is 239 g/mol. The Balaban J connectivity index is 3.36. The van der Waals surface area contributed by atoms with Crippen molar-refractivity contribution >= 4 is 27.7 Å². The van der Waals surface area contributed by atoms with Crippen molar-refractivity contribution < 1.29 is 0 Å². The summed E-state index contributed by atoms with van der Waals surface area (Å²) < 4.78 is 0. The Morgan fingerprint density at radius 2 is 2.00 bits per heavy atom. The Hall–Kier alpha value is 0.830. The van der Waals surface area contributed by atoms with Gasteiger partial charge in [-0.1, -0.05) is 36.7 Å². The summed E-state index contributed by atoms with van der Waals surface area (Å²) in [6.45, 7) is 6.85. The molecule has 11 heavy (non-hydrogen) atoms. The first-order valence-corrected chi connectivity index (χ1v) is 6.63. The zero-order valence-corrected chi connectivity index (χ0v) is 10.2. The molecule has 0 radical (unpaired) electrons. The second kappa shape index (κ2) is 7.48. The van der Waals surface area contributed by atoms with Crippen LogP contribution in [-0.4, -0.2) is 16.8 Å². The monoisotopic (exact) mass is 238 g/mol. The van der Waals surface area contributed by atoms with Gasteiger partial charge in [-0.05, 0) is 29.8 Å². The first-order valence-electron chi connectivity index (χ1n) is 4.36. The normalized spacial score (nSPS) is 13.9. The van der Waals surface area contributed by atoms with Gasteiger partial charge in [-0.2, -0.15) is 11.8 Å². The van der Waals surface area contributed by atoms with Crippen LogP contribution in [0.2, 0.25) is 0 Å². The van der Waals surface area contributed by atoms with Crippen molar-refractivity contribution in [3.8, 4) is 0 Å². The van der Waals surface area contributed by atoms with E-state index in [4.69, 9.17) is 0 Å². The topological polar surface area (TPSA) is 0 Å². The van der Waals surface area contributed by atoms with Gasteiger partial charge in [0, 0.05) is 5.33 Å². The minimum Gasteiger partial charge on any atom is -0.162 e. The van der Waals surface area contributed by atoms with Crippen LogP contribution in [0, 0.1) is 11.8 Å². The Morgan fingerprint density at radius 1 is 1.36 bits per heavy atom. The Labute approximate surface area is 83.6 Å². The van der Waals surface area contributed by atoms with E-state index in [2.05, 4.69) is 48.5 Å². The van der Waals surface area contributed by atoms with Crippen LogP contribution >= 0.6 is 27.7 Å². The molecule has 68 valence electrons. The highest BCUT2D eigenvalue weighted by molar-refractivity contribution is 9.09. The Morgan fingerprint density at radius 3 is 2.36 bits per heavy atom. The van der Waals surface area contributed by atoms with Crippen molar-refractivity contribution in [3.05, 3.63) is 0 Å². The van der Waals surface area contributed by atoms with E-state index in [1.54, 1.807) is 0 Å². The van der Waals surface area contributed by atoms with Crippen LogP contribution < -0.4 is 0 Å². The fourth-order valence-electron chi connectivity index (χ4n) is 0.794.